The van der Waals surface area contributed by atoms with Crippen LogP contribution in [0.5, 0.6) is 0 Å². The zero-order valence-corrected chi connectivity index (χ0v) is 17.6. The summed E-state index contributed by atoms with van der Waals surface area (Å²) in [6.45, 7) is 1.29. The molecule has 0 radical (unpaired) electrons. The monoisotopic (exact) mass is 435 g/mol. The predicted octanol–water partition coefficient (Wildman–Crippen LogP) is 3.64. The molecule has 3 heterocycles. The molecular weight excluding hydrogens is 413 g/mol. The standard InChI is InChI=1S/C23H22FN5OS/c24-16-26-10-3-1-6-17-7-5-8-18(12-17)23-15-29(13-19(23)14-31-22(25)28-23)21(30)20-9-2-4-11-27-20/h1-12,16,19H,13-15H2,(H2,25,28)/t19-,23+/m0/s1. The van der Waals surface area contributed by atoms with E-state index in [4.69, 9.17) is 10.7 Å². The molecular formula is C23H22FN5OS. The lowest BCUT2D eigenvalue weighted by molar-refractivity contribution is 0.0776. The Morgan fingerprint density at radius 3 is 3.00 bits per heavy atom. The van der Waals surface area contributed by atoms with Crippen LogP contribution >= 0.6 is 11.8 Å². The van der Waals surface area contributed by atoms with Gasteiger partial charge in [0.1, 0.15) is 11.2 Å². The van der Waals surface area contributed by atoms with Gasteiger partial charge in [0, 0.05) is 30.6 Å². The minimum atomic E-state index is -0.585. The minimum absolute atomic E-state index is 0.0947. The number of aromatic nitrogens is 1. The first kappa shape index (κ1) is 21.0. The van der Waals surface area contributed by atoms with Crippen molar-refractivity contribution in [2.45, 2.75) is 5.54 Å². The average molecular weight is 436 g/mol. The quantitative estimate of drug-likeness (QED) is 0.574. The van der Waals surface area contributed by atoms with Gasteiger partial charge in [0.25, 0.3) is 5.91 Å². The second-order valence-corrected chi connectivity index (χ2v) is 8.40. The summed E-state index contributed by atoms with van der Waals surface area (Å²) in [7, 11) is 0. The summed E-state index contributed by atoms with van der Waals surface area (Å²) in [5.41, 5.74) is 7.98. The van der Waals surface area contributed by atoms with Crippen molar-refractivity contribution < 1.29 is 9.18 Å². The highest BCUT2D eigenvalue weighted by Gasteiger charge is 2.51. The average Bonchev–Trinajstić information content (AvgIpc) is 3.19. The van der Waals surface area contributed by atoms with E-state index in [1.165, 1.54) is 18.0 Å². The lowest BCUT2D eigenvalue weighted by Gasteiger charge is -2.34. The number of amides is 1. The molecule has 6 nitrogen and oxygen atoms in total. The van der Waals surface area contributed by atoms with Crippen LogP contribution in [0.3, 0.4) is 0 Å². The molecule has 2 aliphatic rings. The second-order valence-electron chi connectivity index (χ2n) is 7.36. The summed E-state index contributed by atoms with van der Waals surface area (Å²) in [5.74, 6) is 0.851. The molecule has 31 heavy (non-hydrogen) atoms. The first-order valence-corrected chi connectivity index (χ1v) is 10.8. The van der Waals surface area contributed by atoms with Crippen molar-refractivity contribution in [3.8, 4) is 0 Å². The maximum atomic E-state index is 13.1. The van der Waals surface area contributed by atoms with Crippen LogP contribution in [0.2, 0.25) is 0 Å². The number of likely N-dealkylation sites (tertiary alicyclic amines) is 1. The van der Waals surface area contributed by atoms with E-state index < -0.39 is 5.54 Å². The van der Waals surface area contributed by atoms with Gasteiger partial charge in [0.15, 0.2) is 11.6 Å². The van der Waals surface area contributed by atoms with Gasteiger partial charge in [-0.1, -0.05) is 48.2 Å². The van der Waals surface area contributed by atoms with Crippen LogP contribution in [-0.4, -0.2) is 46.3 Å². The minimum Gasteiger partial charge on any atom is -0.379 e. The Morgan fingerprint density at radius 1 is 1.29 bits per heavy atom. The molecule has 1 aromatic carbocycles. The van der Waals surface area contributed by atoms with E-state index in [9.17, 15) is 9.18 Å². The Bertz CT molecular complexity index is 1070. The number of carbonyl (C=O) groups excluding carboxylic acids is 1. The molecule has 0 saturated carbocycles. The first-order valence-electron chi connectivity index (χ1n) is 9.86. The molecule has 0 aliphatic carbocycles. The number of hydrogen-bond acceptors (Lipinski definition) is 6. The molecule has 8 heteroatoms. The maximum absolute atomic E-state index is 13.1. The lowest BCUT2D eigenvalue weighted by Crippen LogP contribution is -2.40. The fourth-order valence-corrected chi connectivity index (χ4v) is 5.02. The summed E-state index contributed by atoms with van der Waals surface area (Å²) in [5, 5.41) is 0.538. The molecule has 1 amide bonds. The van der Waals surface area contributed by atoms with Gasteiger partial charge in [-0.05, 0) is 35.4 Å². The van der Waals surface area contributed by atoms with Crippen molar-refractivity contribution in [2.24, 2.45) is 21.6 Å². The number of fused-ring (bicyclic) bond motifs is 1. The highest BCUT2D eigenvalue weighted by atomic mass is 32.2. The van der Waals surface area contributed by atoms with Gasteiger partial charge < -0.3 is 10.6 Å². The Balaban J connectivity index is 1.65. The van der Waals surface area contributed by atoms with E-state index in [1.807, 2.05) is 35.2 Å². The maximum Gasteiger partial charge on any atom is 0.272 e. The first-order chi connectivity index (χ1) is 15.1. The Labute approximate surface area is 184 Å². The molecule has 2 aliphatic heterocycles. The molecule has 4 rings (SSSR count). The molecule has 2 N–H and O–H groups in total. The van der Waals surface area contributed by atoms with Gasteiger partial charge in [-0.25, -0.2) is 9.98 Å². The van der Waals surface area contributed by atoms with E-state index in [-0.39, 0.29) is 18.3 Å². The summed E-state index contributed by atoms with van der Waals surface area (Å²) >= 11 is 1.53. The lowest BCUT2D eigenvalue weighted by atomic mass is 9.81. The third-order valence-corrected chi connectivity index (χ3v) is 6.43. The summed E-state index contributed by atoms with van der Waals surface area (Å²) in [4.78, 5) is 27.4. The number of halogens is 1. The number of benzene rings is 1. The van der Waals surface area contributed by atoms with Crippen LogP contribution in [-0.2, 0) is 5.54 Å². The predicted molar refractivity (Wildman–Crippen MR) is 124 cm³/mol. The number of aliphatic imine (C=N–C) groups is 2. The SMILES string of the molecule is NC1=N[C@@]2(c3cccc(C=CC=CN=CF)c3)CN(C(=O)c3ccccn3)C[C@H]2CS1. The second kappa shape index (κ2) is 9.26. The molecule has 2 atom stereocenters. The Morgan fingerprint density at radius 2 is 2.19 bits per heavy atom. The molecule has 0 spiro atoms. The molecule has 1 fully saturated rings. The normalized spacial score (nSPS) is 23.6. The number of carbonyl (C=O) groups is 1. The molecule has 0 unspecified atom stereocenters. The fourth-order valence-electron chi connectivity index (χ4n) is 4.04. The van der Waals surface area contributed by atoms with Crippen molar-refractivity contribution in [1.82, 2.24) is 9.88 Å². The van der Waals surface area contributed by atoms with Crippen molar-refractivity contribution in [2.75, 3.05) is 18.8 Å². The third-order valence-electron chi connectivity index (χ3n) is 5.48. The number of hydrogen-bond donors (Lipinski definition) is 1. The van der Waals surface area contributed by atoms with E-state index in [0.29, 0.717) is 24.0 Å². The van der Waals surface area contributed by atoms with Crippen LogP contribution in [0.15, 0.2) is 77.0 Å². The molecule has 1 aromatic heterocycles. The van der Waals surface area contributed by atoms with Crippen LogP contribution in [0.25, 0.3) is 6.08 Å². The van der Waals surface area contributed by atoms with Gasteiger partial charge in [0.05, 0.1) is 6.54 Å². The number of pyridine rings is 1. The van der Waals surface area contributed by atoms with E-state index >= 15 is 0 Å². The van der Waals surface area contributed by atoms with Crippen LogP contribution in [0.4, 0.5) is 4.39 Å². The van der Waals surface area contributed by atoms with Gasteiger partial charge in [0.2, 0.25) is 0 Å². The Hall–Kier alpha value is -3.26. The number of thioether (sulfide) groups is 1. The fraction of sp³-hybridized carbons (Fsp3) is 0.217. The van der Waals surface area contributed by atoms with E-state index in [1.54, 1.807) is 30.5 Å². The van der Waals surface area contributed by atoms with Crippen molar-refractivity contribution >= 4 is 35.4 Å². The van der Waals surface area contributed by atoms with Crippen LogP contribution in [0, 0.1) is 5.92 Å². The van der Waals surface area contributed by atoms with E-state index in [2.05, 4.69) is 16.0 Å². The topological polar surface area (TPSA) is 83.9 Å². The summed E-state index contributed by atoms with van der Waals surface area (Å²) < 4.78 is 11.9. The van der Waals surface area contributed by atoms with Gasteiger partial charge in [-0.3, -0.25) is 9.78 Å². The molecule has 1 saturated heterocycles. The highest BCUT2D eigenvalue weighted by molar-refractivity contribution is 8.13. The summed E-state index contributed by atoms with van der Waals surface area (Å²) in [6, 6.07) is 13.4. The number of rotatable bonds is 5. The number of amidine groups is 1. The van der Waals surface area contributed by atoms with Crippen LogP contribution < -0.4 is 5.73 Å². The molecule has 158 valence electrons. The molecule has 0 bridgehead atoms. The summed E-state index contributed by atoms with van der Waals surface area (Å²) in [6.07, 6.45) is 8.36. The van der Waals surface area contributed by atoms with Crippen LogP contribution in [0.1, 0.15) is 21.6 Å². The number of nitrogens with two attached hydrogens (primary N) is 1. The van der Waals surface area contributed by atoms with Crippen molar-refractivity contribution in [3.63, 3.8) is 0 Å². The van der Waals surface area contributed by atoms with Gasteiger partial charge >= 0.3 is 0 Å². The zero-order valence-electron chi connectivity index (χ0n) is 16.8. The van der Waals surface area contributed by atoms with E-state index in [0.717, 1.165) is 16.9 Å². The zero-order chi connectivity index (χ0) is 21.7. The van der Waals surface area contributed by atoms with Crippen molar-refractivity contribution in [3.05, 3.63) is 83.8 Å². The third kappa shape index (κ3) is 4.44. The van der Waals surface area contributed by atoms with Gasteiger partial charge in [-0.2, -0.15) is 4.39 Å². The van der Waals surface area contributed by atoms with Gasteiger partial charge in [-0.15, -0.1) is 0 Å². The highest BCUT2D eigenvalue weighted by Crippen LogP contribution is 2.45. The van der Waals surface area contributed by atoms with Crippen molar-refractivity contribution in [1.29, 1.82) is 0 Å². The Kier molecular flexibility index (Phi) is 6.27. The number of nitrogens with zero attached hydrogens (tertiary/aromatic N) is 4. The largest absolute Gasteiger partial charge is 0.379 e. The number of allylic oxidation sites excluding steroid dienone is 2. The smallest absolute Gasteiger partial charge is 0.272 e. The molecule has 2 aromatic rings.